The summed E-state index contributed by atoms with van der Waals surface area (Å²) in [4.78, 5) is 13.7. The fourth-order valence-electron chi connectivity index (χ4n) is 1.27. The molecule has 0 bridgehead atoms. The van der Waals surface area contributed by atoms with E-state index in [2.05, 4.69) is 28.3 Å². The van der Waals surface area contributed by atoms with Crippen LogP contribution in [0, 0.1) is 0 Å². The second-order valence-corrected chi connectivity index (χ2v) is 5.86. The quantitative estimate of drug-likeness (QED) is 0.496. The monoisotopic (exact) mass is 303 g/mol. The van der Waals surface area contributed by atoms with Gasteiger partial charge in [-0.1, -0.05) is 12.8 Å². The summed E-state index contributed by atoms with van der Waals surface area (Å²) < 4.78 is 1.40. The number of hydrogen-bond donors (Lipinski definition) is 3. The molecule has 0 aliphatic heterocycles. The molecule has 8 heteroatoms. The third-order valence-electron chi connectivity index (χ3n) is 2.32. The SMILES string of the molecule is CN(C)CCN(S)C(=O)NCCSCc1cc[nH]n1. The van der Waals surface area contributed by atoms with E-state index < -0.39 is 0 Å². The van der Waals surface area contributed by atoms with Gasteiger partial charge in [0, 0.05) is 37.3 Å². The summed E-state index contributed by atoms with van der Waals surface area (Å²) in [6, 6.07) is 1.80. The predicted octanol–water partition coefficient (Wildman–Crippen LogP) is 1.06. The first-order chi connectivity index (χ1) is 9.09. The lowest BCUT2D eigenvalue weighted by atomic mass is 10.5. The normalized spacial score (nSPS) is 10.7. The van der Waals surface area contributed by atoms with Crippen molar-refractivity contribution in [3.05, 3.63) is 18.0 Å². The number of aromatic nitrogens is 2. The highest BCUT2D eigenvalue weighted by molar-refractivity contribution is 7.98. The number of nitrogens with one attached hydrogen (secondary N) is 2. The number of carbonyl (C=O) groups is 1. The Morgan fingerprint density at radius 1 is 1.53 bits per heavy atom. The Bertz CT molecular complexity index is 358. The van der Waals surface area contributed by atoms with Crippen LogP contribution in [-0.2, 0) is 5.75 Å². The summed E-state index contributed by atoms with van der Waals surface area (Å²) in [7, 11) is 3.93. The Labute approximate surface area is 123 Å². The van der Waals surface area contributed by atoms with Gasteiger partial charge in [0.1, 0.15) is 0 Å². The van der Waals surface area contributed by atoms with Gasteiger partial charge in [-0.25, -0.2) is 4.79 Å². The number of rotatable bonds is 8. The zero-order valence-electron chi connectivity index (χ0n) is 11.3. The molecule has 0 atom stereocenters. The lowest BCUT2D eigenvalue weighted by molar-refractivity contribution is 0.224. The first-order valence-electron chi connectivity index (χ1n) is 6.05. The maximum atomic E-state index is 11.6. The number of likely N-dealkylation sites (N-methyl/N-ethyl adjacent to an activating group) is 1. The minimum Gasteiger partial charge on any atom is -0.336 e. The first-order valence-corrected chi connectivity index (χ1v) is 7.60. The van der Waals surface area contributed by atoms with E-state index in [1.807, 2.05) is 25.1 Å². The van der Waals surface area contributed by atoms with Crippen LogP contribution >= 0.6 is 24.6 Å². The summed E-state index contributed by atoms with van der Waals surface area (Å²) in [6.07, 6.45) is 1.81. The molecule has 1 rings (SSSR count). The summed E-state index contributed by atoms with van der Waals surface area (Å²) in [6.45, 7) is 2.03. The number of urea groups is 1. The highest BCUT2D eigenvalue weighted by Gasteiger charge is 2.08. The van der Waals surface area contributed by atoms with Crippen LogP contribution in [0.4, 0.5) is 4.79 Å². The van der Waals surface area contributed by atoms with Crippen LogP contribution in [0.3, 0.4) is 0 Å². The molecule has 6 nitrogen and oxygen atoms in total. The van der Waals surface area contributed by atoms with E-state index in [4.69, 9.17) is 0 Å². The largest absolute Gasteiger partial charge is 0.336 e. The molecule has 1 heterocycles. The van der Waals surface area contributed by atoms with Crippen LogP contribution < -0.4 is 5.32 Å². The molecule has 0 aromatic carbocycles. The van der Waals surface area contributed by atoms with Crippen molar-refractivity contribution in [2.24, 2.45) is 0 Å². The van der Waals surface area contributed by atoms with Gasteiger partial charge in [0.2, 0.25) is 0 Å². The number of carbonyl (C=O) groups excluding carboxylic acids is 1. The van der Waals surface area contributed by atoms with E-state index in [0.717, 1.165) is 23.7 Å². The van der Waals surface area contributed by atoms with Gasteiger partial charge in [0.05, 0.1) is 5.69 Å². The predicted molar refractivity (Wildman–Crippen MR) is 82.4 cm³/mol. The van der Waals surface area contributed by atoms with Crippen molar-refractivity contribution in [3.8, 4) is 0 Å². The zero-order valence-corrected chi connectivity index (χ0v) is 13.0. The number of aromatic amines is 1. The average molecular weight is 303 g/mol. The Morgan fingerprint density at radius 2 is 2.32 bits per heavy atom. The molecule has 0 unspecified atom stereocenters. The second kappa shape index (κ2) is 9.11. The molecule has 0 aliphatic rings. The number of thioether (sulfide) groups is 1. The Balaban J connectivity index is 2.03. The van der Waals surface area contributed by atoms with E-state index in [1.54, 1.807) is 18.0 Å². The van der Waals surface area contributed by atoms with E-state index >= 15 is 0 Å². The molecule has 2 N–H and O–H groups in total. The summed E-state index contributed by atoms with van der Waals surface area (Å²) in [5.74, 6) is 1.71. The van der Waals surface area contributed by atoms with Crippen LogP contribution in [-0.4, -0.2) is 64.9 Å². The highest BCUT2D eigenvalue weighted by atomic mass is 32.2. The number of H-pyrrole nitrogens is 1. The maximum absolute atomic E-state index is 11.6. The fourth-order valence-corrected chi connectivity index (χ4v) is 2.19. The molecule has 1 aromatic rings. The van der Waals surface area contributed by atoms with Gasteiger partial charge in [-0.2, -0.15) is 16.9 Å². The molecule has 2 amide bonds. The molecular weight excluding hydrogens is 282 g/mol. The van der Waals surface area contributed by atoms with Gasteiger partial charge in [0.25, 0.3) is 0 Å². The van der Waals surface area contributed by atoms with Crippen molar-refractivity contribution in [1.82, 2.24) is 24.7 Å². The van der Waals surface area contributed by atoms with E-state index in [-0.39, 0.29) is 6.03 Å². The Hall–Kier alpha value is -0.860. The topological polar surface area (TPSA) is 64.3 Å². The molecule has 0 aliphatic carbocycles. The Kier molecular flexibility index (Phi) is 7.76. The number of thiol groups is 1. The molecule has 19 heavy (non-hydrogen) atoms. The van der Waals surface area contributed by atoms with E-state index in [9.17, 15) is 4.79 Å². The zero-order chi connectivity index (χ0) is 14.1. The summed E-state index contributed by atoms with van der Waals surface area (Å²) in [5, 5.41) is 9.66. The molecule has 0 radical (unpaired) electrons. The van der Waals surface area contributed by atoms with Crippen molar-refractivity contribution in [3.63, 3.8) is 0 Å². The number of hydrogen-bond acceptors (Lipinski definition) is 5. The van der Waals surface area contributed by atoms with E-state index in [1.165, 1.54) is 4.31 Å². The molecule has 0 spiro atoms. The molecule has 0 saturated carbocycles. The van der Waals surface area contributed by atoms with Crippen molar-refractivity contribution < 1.29 is 4.79 Å². The van der Waals surface area contributed by atoms with Crippen molar-refractivity contribution in [2.75, 3.05) is 39.5 Å². The third kappa shape index (κ3) is 7.34. The average Bonchev–Trinajstić information content (AvgIpc) is 2.88. The van der Waals surface area contributed by atoms with Gasteiger partial charge in [-0.15, -0.1) is 0 Å². The van der Waals surface area contributed by atoms with Crippen LogP contribution in [0.5, 0.6) is 0 Å². The lowest BCUT2D eigenvalue weighted by Crippen LogP contribution is -2.38. The number of nitrogens with zero attached hydrogens (tertiary/aromatic N) is 3. The Morgan fingerprint density at radius 3 is 2.95 bits per heavy atom. The van der Waals surface area contributed by atoms with Crippen LogP contribution in [0.2, 0.25) is 0 Å². The third-order valence-corrected chi connectivity index (χ3v) is 3.70. The number of amides is 2. The molecule has 0 fully saturated rings. The van der Waals surface area contributed by atoms with Gasteiger partial charge < -0.3 is 10.2 Å². The van der Waals surface area contributed by atoms with Crippen molar-refractivity contribution in [2.45, 2.75) is 5.75 Å². The molecule has 1 aromatic heterocycles. The minimum atomic E-state index is -0.148. The summed E-state index contributed by atoms with van der Waals surface area (Å²) in [5.41, 5.74) is 1.03. The van der Waals surface area contributed by atoms with Crippen molar-refractivity contribution >= 4 is 30.6 Å². The van der Waals surface area contributed by atoms with Gasteiger partial charge in [-0.3, -0.25) is 9.40 Å². The van der Waals surface area contributed by atoms with E-state index in [0.29, 0.717) is 13.1 Å². The first kappa shape index (κ1) is 16.2. The van der Waals surface area contributed by atoms with Crippen LogP contribution in [0.15, 0.2) is 12.3 Å². The smallest absolute Gasteiger partial charge is 0.327 e. The van der Waals surface area contributed by atoms with Gasteiger partial charge in [0.15, 0.2) is 0 Å². The minimum absolute atomic E-state index is 0.148. The second-order valence-electron chi connectivity index (χ2n) is 4.28. The lowest BCUT2D eigenvalue weighted by Gasteiger charge is -2.18. The summed E-state index contributed by atoms with van der Waals surface area (Å²) >= 11 is 5.88. The molecular formula is C11H21N5OS2. The fraction of sp³-hybridized carbons (Fsp3) is 0.636. The van der Waals surface area contributed by atoms with Crippen molar-refractivity contribution in [1.29, 1.82) is 0 Å². The van der Waals surface area contributed by atoms with Gasteiger partial charge in [-0.05, 0) is 20.2 Å². The molecule has 0 saturated heterocycles. The standard InChI is InChI=1S/C11H21N5OS2/c1-15(2)6-7-16(18)11(17)12-5-8-19-9-10-3-4-13-14-10/h3-4,18H,5-9H2,1-2H3,(H,12,17)(H,13,14). The van der Waals surface area contributed by atoms with Crippen LogP contribution in [0.1, 0.15) is 5.69 Å². The maximum Gasteiger partial charge on any atom is 0.327 e. The molecule has 108 valence electrons. The van der Waals surface area contributed by atoms with Gasteiger partial charge >= 0.3 is 6.03 Å². The van der Waals surface area contributed by atoms with Crippen LogP contribution in [0.25, 0.3) is 0 Å². The highest BCUT2D eigenvalue weighted by Crippen LogP contribution is 2.07.